The first-order valence-electron chi connectivity index (χ1n) is 5.12. The first kappa shape index (κ1) is 14.7. The van der Waals surface area contributed by atoms with E-state index in [0.717, 1.165) is 6.54 Å². The topological polar surface area (TPSA) is 29.3 Å². The third kappa shape index (κ3) is 8.69. The van der Waals surface area contributed by atoms with Crippen LogP contribution < -0.4 is 5.73 Å². The molecule has 0 rings (SSSR count). The van der Waals surface area contributed by atoms with Gasteiger partial charge in [0.2, 0.25) is 0 Å². The van der Waals surface area contributed by atoms with E-state index in [4.69, 9.17) is 5.73 Å². The van der Waals surface area contributed by atoms with Gasteiger partial charge in [-0.15, -0.1) is 0 Å². The van der Waals surface area contributed by atoms with Crippen LogP contribution in [-0.4, -0.2) is 37.8 Å². The lowest BCUT2D eigenvalue weighted by atomic mass is 9.93. The summed E-state index contributed by atoms with van der Waals surface area (Å²) in [5.41, 5.74) is 5.51. The molecule has 15 heavy (non-hydrogen) atoms. The molecule has 92 valence electrons. The minimum absolute atomic E-state index is 0.0347. The Labute approximate surface area is 89.6 Å². The zero-order valence-corrected chi connectivity index (χ0v) is 9.69. The number of hydrogen-bond donors (Lipinski definition) is 1. The second-order valence-corrected chi connectivity index (χ2v) is 4.82. The van der Waals surface area contributed by atoms with Gasteiger partial charge in [0.15, 0.2) is 0 Å². The van der Waals surface area contributed by atoms with Crippen molar-refractivity contribution in [1.82, 2.24) is 4.90 Å². The average Bonchev–Trinajstić information content (AvgIpc) is 2.00. The van der Waals surface area contributed by atoms with Crippen LogP contribution in [0.25, 0.3) is 0 Å². The third-order valence-electron chi connectivity index (χ3n) is 2.25. The molecule has 0 aliphatic rings. The predicted octanol–water partition coefficient (Wildman–Crippen LogP) is 2.25. The summed E-state index contributed by atoms with van der Waals surface area (Å²) < 4.78 is 35.6. The van der Waals surface area contributed by atoms with Gasteiger partial charge in [0.25, 0.3) is 0 Å². The van der Waals surface area contributed by atoms with Gasteiger partial charge in [-0.3, -0.25) is 0 Å². The lowest BCUT2D eigenvalue weighted by molar-refractivity contribution is -0.136. The van der Waals surface area contributed by atoms with Gasteiger partial charge in [-0.05, 0) is 32.0 Å². The Morgan fingerprint density at radius 2 is 1.73 bits per heavy atom. The summed E-state index contributed by atoms with van der Waals surface area (Å²) >= 11 is 0. The molecule has 0 amide bonds. The van der Waals surface area contributed by atoms with Crippen molar-refractivity contribution in [2.45, 2.75) is 32.9 Å². The Bertz CT molecular complexity index is 178. The fraction of sp³-hybridized carbons (Fsp3) is 1.00. The fourth-order valence-corrected chi connectivity index (χ4v) is 1.42. The Morgan fingerprint density at radius 1 is 1.20 bits per heavy atom. The summed E-state index contributed by atoms with van der Waals surface area (Å²) in [5.74, 6) is 0. The number of nitrogens with zero attached hydrogens (tertiary/aromatic N) is 1. The molecule has 0 spiro atoms. The summed E-state index contributed by atoms with van der Waals surface area (Å²) in [6.45, 7) is 5.74. The van der Waals surface area contributed by atoms with Gasteiger partial charge < -0.3 is 10.6 Å². The zero-order valence-electron chi connectivity index (χ0n) is 9.69. The van der Waals surface area contributed by atoms with E-state index in [-0.39, 0.29) is 11.8 Å². The van der Waals surface area contributed by atoms with Crippen LogP contribution in [0.4, 0.5) is 13.2 Å². The highest BCUT2D eigenvalue weighted by molar-refractivity contribution is 4.73. The summed E-state index contributed by atoms with van der Waals surface area (Å²) in [6.07, 6.45) is -4.59. The normalized spacial score (nSPS) is 13.6. The number of alkyl halides is 3. The van der Waals surface area contributed by atoms with E-state index in [1.165, 1.54) is 0 Å². The van der Waals surface area contributed by atoms with Crippen molar-refractivity contribution in [1.29, 1.82) is 0 Å². The van der Waals surface area contributed by atoms with E-state index in [2.05, 4.69) is 0 Å². The van der Waals surface area contributed by atoms with Crippen LogP contribution >= 0.6 is 0 Å². The average molecular weight is 226 g/mol. The van der Waals surface area contributed by atoms with Gasteiger partial charge in [-0.1, -0.05) is 13.8 Å². The summed E-state index contributed by atoms with van der Waals surface area (Å²) in [4.78, 5) is 1.90. The number of rotatable bonds is 6. The monoisotopic (exact) mass is 226 g/mol. The molecule has 0 aromatic heterocycles. The lowest BCUT2D eigenvalue weighted by Gasteiger charge is -2.29. The van der Waals surface area contributed by atoms with Crippen molar-refractivity contribution in [3.63, 3.8) is 0 Å². The molecule has 5 heteroatoms. The maximum atomic E-state index is 11.9. The van der Waals surface area contributed by atoms with Gasteiger partial charge in [0, 0.05) is 13.0 Å². The third-order valence-corrected chi connectivity index (χ3v) is 2.25. The Hall–Kier alpha value is -0.290. The molecular weight excluding hydrogens is 205 g/mol. The molecule has 0 aliphatic carbocycles. The van der Waals surface area contributed by atoms with E-state index >= 15 is 0 Å². The second-order valence-electron chi connectivity index (χ2n) is 4.82. The molecule has 0 saturated carbocycles. The summed E-state index contributed by atoms with van der Waals surface area (Å²) in [6, 6.07) is 0. The van der Waals surface area contributed by atoms with Crippen LogP contribution in [0.1, 0.15) is 26.7 Å². The maximum Gasteiger partial charge on any atom is 0.389 e. The first-order valence-corrected chi connectivity index (χ1v) is 5.12. The van der Waals surface area contributed by atoms with E-state index < -0.39 is 12.6 Å². The quantitative estimate of drug-likeness (QED) is 0.752. The van der Waals surface area contributed by atoms with Crippen LogP contribution in [0, 0.1) is 5.41 Å². The van der Waals surface area contributed by atoms with Crippen molar-refractivity contribution in [2.75, 3.05) is 26.7 Å². The Balaban J connectivity index is 3.71. The van der Waals surface area contributed by atoms with Gasteiger partial charge in [0.1, 0.15) is 0 Å². The molecule has 0 unspecified atom stereocenters. The highest BCUT2D eigenvalue weighted by Gasteiger charge is 2.26. The zero-order chi connectivity index (χ0) is 12.1. The van der Waals surface area contributed by atoms with Gasteiger partial charge >= 0.3 is 6.18 Å². The summed E-state index contributed by atoms with van der Waals surface area (Å²) in [7, 11) is 1.83. The van der Waals surface area contributed by atoms with Crippen LogP contribution in [-0.2, 0) is 0 Å². The molecule has 2 nitrogen and oxygen atoms in total. The van der Waals surface area contributed by atoms with Crippen molar-refractivity contribution in [3.8, 4) is 0 Å². The maximum absolute atomic E-state index is 11.9. The minimum atomic E-state index is -4.04. The van der Waals surface area contributed by atoms with Crippen molar-refractivity contribution in [2.24, 2.45) is 11.1 Å². The number of halogens is 3. The molecule has 0 aromatic rings. The van der Waals surface area contributed by atoms with Gasteiger partial charge in [0.05, 0.1) is 0 Å². The molecular formula is C10H21F3N2. The van der Waals surface area contributed by atoms with Gasteiger partial charge in [-0.2, -0.15) is 13.2 Å². The SMILES string of the molecule is CN(CCCC(F)(F)F)CC(C)(C)CN. The van der Waals surface area contributed by atoms with Crippen LogP contribution in [0.3, 0.4) is 0 Å². The number of hydrogen-bond acceptors (Lipinski definition) is 2. The molecule has 2 N–H and O–H groups in total. The van der Waals surface area contributed by atoms with Crippen LogP contribution in [0.5, 0.6) is 0 Å². The van der Waals surface area contributed by atoms with Crippen LogP contribution in [0.2, 0.25) is 0 Å². The van der Waals surface area contributed by atoms with Crippen LogP contribution in [0.15, 0.2) is 0 Å². The second kappa shape index (κ2) is 5.70. The smallest absolute Gasteiger partial charge is 0.330 e. The van der Waals surface area contributed by atoms with E-state index in [0.29, 0.717) is 13.1 Å². The molecule has 0 heterocycles. The first-order chi connectivity index (χ1) is 6.66. The summed E-state index contributed by atoms with van der Waals surface area (Å²) in [5, 5.41) is 0. The molecule has 0 bridgehead atoms. The molecule has 0 aromatic carbocycles. The molecule has 0 saturated heterocycles. The molecule has 0 aliphatic heterocycles. The van der Waals surface area contributed by atoms with E-state index in [1.54, 1.807) is 0 Å². The molecule has 0 atom stereocenters. The fourth-order valence-electron chi connectivity index (χ4n) is 1.42. The Kier molecular flexibility index (Phi) is 5.59. The molecule has 0 radical (unpaired) electrons. The van der Waals surface area contributed by atoms with E-state index in [1.807, 2.05) is 25.8 Å². The largest absolute Gasteiger partial charge is 0.389 e. The highest BCUT2D eigenvalue weighted by Crippen LogP contribution is 2.21. The minimum Gasteiger partial charge on any atom is -0.330 e. The lowest BCUT2D eigenvalue weighted by Crippen LogP contribution is -2.37. The van der Waals surface area contributed by atoms with Crippen molar-refractivity contribution >= 4 is 0 Å². The van der Waals surface area contributed by atoms with Gasteiger partial charge in [-0.25, -0.2) is 0 Å². The molecule has 0 fully saturated rings. The Morgan fingerprint density at radius 3 is 2.13 bits per heavy atom. The predicted molar refractivity (Wildman–Crippen MR) is 55.6 cm³/mol. The standard InChI is InChI=1S/C10H21F3N2/c1-9(2,7-14)8-15(3)6-4-5-10(11,12)13/h4-8,14H2,1-3H3. The van der Waals surface area contributed by atoms with Crippen molar-refractivity contribution in [3.05, 3.63) is 0 Å². The van der Waals surface area contributed by atoms with E-state index in [9.17, 15) is 13.2 Å². The highest BCUT2D eigenvalue weighted by atomic mass is 19.4. The van der Waals surface area contributed by atoms with Crippen molar-refractivity contribution < 1.29 is 13.2 Å². The number of nitrogens with two attached hydrogens (primary N) is 1.